The van der Waals surface area contributed by atoms with Crippen LogP contribution >= 0.6 is 0 Å². The molecule has 0 aliphatic heterocycles. The number of carbonyl (C=O) groups is 2. The Kier molecular flexibility index (Phi) is 8.87. The highest BCUT2D eigenvalue weighted by Crippen LogP contribution is 2.19. The van der Waals surface area contributed by atoms with Crippen molar-refractivity contribution in [1.82, 2.24) is 20.6 Å². The summed E-state index contributed by atoms with van der Waals surface area (Å²) in [7, 11) is 0. The van der Waals surface area contributed by atoms with Crippen LogP contribution in [0.5, 0.6) is 5.75 Å². The molecule has 0 aliphatic carbocycles. The Morgan fingerprint density at radius 2 is 1.94 bits per heavy atom. The maximum atomic E-state index is 12.5. The summed E-state index contributed by atoms with van der Waals surface area (Å²) in [5.41, 5.74) is -0.881. The van der Waals surface area contributed by atoms with Gasteiger partial charge in [-0.05, 0) is 36.6 Å². The van der Waals surface area contributed by atoms with Crippen molar-refractivity contribution in [3.8, 4) is 5.75 Å². The van der Waals surface area contributed by atoms with Gasteiger partial charge in [-0.2, -0.15) is 0 Å². The number of amides is 2. The number of rotatable bonds is 11. The summed E-state index contributed by atoms with van der Waals surface area (Å²) in [6.45, 7) is 4.25. The number of aromatic nitrogens is 2. The van der Waals surface area contributed by atoms with Crippen LogP contribution in [0.15, 0.2) is 51.9 Å². The maximum Gasteiger partial charge on any atom is 0.349 e. The molecule has 35 heavy (non-hydrogen) atoms. The maximum absolute atomic E-state index is 12.5. The molecule has 0 saturated carbocycles. The van der Waals surface area contributed by atoms with E-state index in [0.717, 1.165) is 0 Å². The number of phenols is 1. The summed E-state index contributed by atoms with van der Waals surface area (Å²) in [4.78, 5) is 45.1. The predicted molar refractivity (Wildman–Crippen MR) is 127 cm³/mol. The third-order valence-corrected chi connectivity index (χ3v) is 5.17. The quantitative estimate of drug-likeness (QED) is 0.227. The lowest BCUT2D eigenvalue weighted by Gasteiger charge is -2.28. The minimum atomic E-state index is -0.844. The third-order valence-electron chi connectivity index (χ3n) is 5.17. The number of phenolic OH excluding ortho intramolecular Hbond substituents is 1. The van der Waals surface area contributed by atoms with Gasteiger partial charge in [-0.1, -0.05) is 13.8 Å². The first kappa shape index (κ1) is 25.8. The topological polar surface area (TPSA) is 162 Å². The molecule has 4 N–H and O–H groups in total. The smallest absolute Gasteiger partial charge is 0.349 e. The molecule has 0 saturated heterocycles. The van der Waals surface area contributed by atoms with Crippen molar-refractivity contribution >= 4 is 22.8 Å². The van der Waals surface area contributed by atoms with Crippen LogP contribution in [0.3, 0.4) is 0 Å². The van der Waals surface area contributed by atoms with Crippen LogP contribution in [0.25, 0.3) is 11.0 Å². The van der Waals surface area contributed by atoms with Crippen LogP contribution in [0, 0.1) is 11.1 Å². The highest BCUT2D eigenvalue weighted by Gasteiger charge is 2.19. The number of aromatic hydroxyl groups is 1. The van der Waals surface area contributed by atoms with Crippen molar-refractivity contribution in [2.75, 3.05) is 13.1 Å². The monoisotopic (exact) mass is 483 g/mol. The normalized spacial score (nSPS) is 12.9. The molecule has 2 atom stereocenters. The highest BCUT2D eigenvalue weighted by atomic mass is 16.5. The number of quaternary nitrogens is 1. The fourth-order valence-electron chi connectivity index (χ4n) is 3.65. The molecule has 1 aromatic carbocycles. The van der Waals surface area contributed by atoms with Gasteiger partial charge in [0.2, 0.25) is 5.91 Å². The van der Waals surface area contributed by atoms with Gasteiger partial charge in [0.05, 0.1) is 12.6 Å². The molecule has 3 aromatic rings. The fourth-order valence-corrected chi connectivity index (χ4v) is 3.65. The molecule has 11 nitrogen and oxygen atoms in total. The van der Waals surface area contributed by atoms with Crippen LogP contribution < -0.4 is 21.3 Å². The van der Waals surface area contributed by atoms with Crippen molar-refractivity contribution in [3.63, 3.8) is 0 Å². The lowest BCUT2D eigenvalue weighted by atomic mass is 10.0. The molecule has 2 unspecified atom stereocenters. The first-order valence-electron chi connectivity index (χ1n) is 11.3. The SMILES string of the molecule is CC(C)CC(C[NH+]([O-])Cc1ncccn1)NC(=O)CCNC(=O)c1cc2ccc(O)cc2oc1=O. The summed E-state index contributed by atoms with van der Waals surface area (Å²) in [5, 5.41) is 27.7. The molecule has 3 rings (SSSR count). The van der Waals surface area contributed by atoms with Gasteiger partial charge in [-0.15, -0.1) is 0 Å². The van der Waals surface area contributed by atoms with Crippen LogP contribution in [0.4, 0.5) is 0 Å². The van der Waals surface area contributed by atoms with Crippen LogP contribution in [0.1, 0.15) is 42.9 Å². The summed E-state index contributed by atoms with van der Waals surface area (Å²) in [6.07, 6.45) is 3.74. The van der Waals surface area contributed by atoms with E-state index in [9.17, 15) is 24.7 Å². The molecule has 11 heteroatoms. The number of nitrogens with one attached hydrogen (secondary N) is 3. The second-order valence-electron chi connectivity index (χ2n) is 8.65. The molecule has 0 fully saturated rings. The Labute approximate surface area is 201 Å². The van der Waals surface area contributed by atoms with E-state index in [1.54, 1.807) is 18.5 Å². The first-order chi connectivity index (χ1) is 16.7. The van der Waals surface area contributed by atoms with Crippen molar-refractivity contribution in [2.24, 2.45) is 5.92 Å². The number of nitrogens with zero attached hydrogens (tertiary/aromatic N) is 2. The van der Waals surface area contributed by atoms with Crippen molar-refractivity contribution < 1.29 is 24.2 Å². The second-order valence-corrected chi connectivity index (χ2v) is 8.65. The Balaban J connectivity index is 1.52. The van der Waals surface area contributed by atoms with Gasteiger partial charge >= 0.3 is 5.63 Å². The van der Waals surface area contributed by atoms with Gasteiger partial charge in [0, 0.05) is 36.8 Å². The van der Waals surface area contributed by atoms with Crippen LogP contribution in [-0.2, 0) is 11.3 Å². The molecular weight excluding hydrogens is 454 g/mol. The van der Waals surface area contributed by atoms with Crippen molar-refractivity contribution in [1.29, 1.82) is 0 Å². The Bertz CT molecular complexity index is 1210. The zero-order chi connectivity index (χ0) is 25.4. The predicted octanol–water partition coefficient (Wildman–Crippen LogP) is 0.522. The largest absolute Gasteiger partial charge is 0.634 e. The third kappa shape index (κ3) is 7.87. The molecule has 0 radical (unpaired) electrons. The Morgan fingerprint density at radius 1 is 1.20 bits per heavy atom. The molecule has 0 bridgehead atoms. The van der Waals surface area contributed by atoms with E-state index < -0.39 is 11.5 Å². The number of fused-ring (bicyclic) bond motifs is 1. The summed E-state index contributed by atoms with van der Waals surface area (Å²) in [6, 6.07) is 6.92. The van der Waals surface area contributed by atoms with E-state index in [4.69, 9.17) is 4.42 Å². The molecule has 0 spiro atoms. The van der Waals surface area contributed by atoms with Crippen LogP contribution in [-0.4, -0.2) is 46.0 Å². The van der Waals surface area contributed by atoms with E-state index in [2.05, 4.69) is 20.6 Å². The Morgan fingerprint density at radius 3 is 2.66 bits per heavy atom. The molecule has 2 amide bonds. The molecular formula is C24H29N5O6. The van der Waals surface area contributed by atoms with E-state index >= 15 is 0 Å². The van der Waals surface area contributed by atoms with Crippen LogP contribution in [0.2, 0.25) is 0 Å². The fraction of sp³-hybridized carbons (Fsp3) is 0.375. The molecule has 2 aromatic heterocycles. The number of hydroxylamine groups is 2. The van der Waals surface area contributed by atoms with Gasteiger partial charge < -0.3 is 30.4 Å². The Hall–Kier alpha value is -3.83. The van der Waals surface area contributed by atoms with Gasteiger partial charge in [-0.3, -0.25) is 9.59 Å². The minimum Gasteiger partial charge on any atom is -0.634 e. The summed E-state index contributed by atoms with van der Waals surface area (Å²) in [5.74, 6) is -0.353. The van der Waals surface area contributed by atoms with Crippen molar-refractivity contribution in [3.05, 3.63) is 69.7 Å². The lowest BCUT2D eigenvalue weighted by molar-refractivity contribution is -0.864. The van der Waals surface area contributed by atoms with E-state index in [-0.39, 0.29) is 65.9 Å². The molecule has 186 valence electrons. The lowest BCUT2D eigenvalue weighted by Crippen LogP contribution is -3.07. The standard InChI is InChI=1S/C24H29N5O6/c1-15(2)10-17(13-29(34)14-21-25-7-3-8-26-21)28-22(31)6-9-27-23(32)19-11-16-4-5-18(30)12-20(16)35-24(19)33/h3-5,7-8,11-12,15,17,29-30H,6,9-10,13-14H2,1-2H3,(H,27,32)(H,28,31). The van der Waals surface area contributed by atoms with E-state index in [1.807, 2.05) is 13.8 Å². The minimum absolute atomic E-state index is 0.00206. The van der Waals surface area contributed by atoms with Crippen molar-refractivity contribution in [2.45, 2.75) is 39.3 Å². The first-order valence-corrected chi connectivity index (χ1v) is 11.3. The molecule has 2 heterocycles. The van der Waals surface area contributed by atoms with E-state index in [1.165, 1.54) is 24.3 Å². The second kappa shape index (κ2) is 12.0. The van der Waals surface area contributed by atoms with Gasteiger partial charge in [-0.25, -0.2) is 14.8 Å². The van der Waals surface area contributed by atoms with Gasteiger partial charge in [0.15, 0.2) is 5.82 Å². The average molecular weight is 484 g/mol. The molecule has 0 aliphatic rings. The average Bonchev–Trinajstić information content (AvgIpc) is 2.78. The summed E-state index contributed by atoms with van der Waals surface area (Å²) >= 11 is 0. The number of hydrogen-bond acceptors (Lipinski definition) is 8. The van der Waals surface area contributed by atoms with Gasteiger partial charge in [0.1, 0.15) is 23.4 Å². The highest BCUT2D eigenvalue weighted by molar-refractivity contribution is 5.96. The summed E-state index contributed by atoms with van der Waals surface area (Å²) < 4.78 is 5.09. The number of benzene rings is 1. The number of carbonyl (C=O) groups excluding carboxylic acids is 2. The van der Waals surface area contributed by atoms with E-state index in [0.29, 0.717) is 17.6 Å². The zero-order valence-corrected chi connectivity index (χ0v) is 19.6. The number of hydrogen-bond donors (Lipinski definition) is 4. The zero-order valence-electron chi connectivity index (χ0n) is 19.6. The van der Waals surface area contributed by atoms with Gasteiger partial charge in [0.25, 0.3) is 5.91 Å².